The molecule has 0 aliphatic carbocycles. The van der Waals surface area contributed by atoms with Crippen molar-refractivity contribution in [2.45, 2.75) is 0 Å². The Hall–Kier alpha value is -2.50. The first-order valence-corrected chi connectivity index (χ1v) is 7.33. The van der Waals surface area contributed by atoms with Crippen molar-refractivity contribution in [2.24, 2.45) is 0 Å². The third-order valence-electron chi connectivity index (χ3n) is 3.21. The molecule has 116 valence electrons. The molecule has 7 heteroatoms. The van der Waals surface area contributed by atoms with Gasteiger partial charge in [-0.15, -0.1) is 0 Å². The normalized spacial score (nSPS) is 14.6. The Labute approximate surface area is 141 Å². The van der Waals surface area contributed by atoms with Crippen molar-refractivity contribution in [3.8, 4) is 5.75 Å². The van der Waals surface area contributed by atoms with E-state index in [1.54, 1.807) is 30.3 Å². The van der Waals surface area contributed by atoms with Gasteiger partial charge in [0, 0.05) is 16.8 Å². The van der Waals surface area contributed by atoms with Crippen LogP contribution >= 0.6 is 23.2 Å². The molecule has 3 rings (SSSR count). The second kappa shape index (κ2) is 5.95. The molecule has 2 N–H and O–H groups in total. The van der Waals surface area contributed by atoms with Crippen LogP contribution in [0.2, 0.25) is 5.02 Å². The highest BCUT2D eigenvalue weighted by Gasteiger charge is 2.39. The van der Waals surface area contributed by atoms with E-state index < -0.39 is 11.8 Å². The molecular weight excluding hydrogens is 339 g/mol. The molecule has 0 bridgehead atoms. The van der Waals surface area contributed by atoms with E-state index in [1.807, 2.05) is 0 Å². The van der Waals surface area contributed by atoms with Gasteiger partial charge in [0.15, 0.2) is 0 Å². The number of hydrogen-bond donors (Lipinski definition) is 2. The van der Waals surface area contributed by atoms with E-state index in [4.69, 9.17) is 23.2 Å². The number of nitrogens with one attached hydrogen (secondary N) is 1. The lowest BCUT2D eigenvalue weighted by Crippen LogP contribution is -2.32. The molecule has 0 atom stereocenters. The maximum absolute atomic E-state index is 12.5. The number of halogens is 2. The summed E-state index contributed by atoms with van der Waals surface area (Å²) in [5, 5.41) is 12.4. The smallest absolute Gasteiger partial charge is 0.283 e. The fourth-order valence-corrected chi connectivity index (χ4v) is 2.59. The zero-order chi connectivity index (χ0) is 16.6. The van der Waals surface area contributed by atoms with Gasteiger partial charge in [0.2, 0.25) is 0 Å². The summed E-state index contributed by atoms with van der Waals surface area (Å²) in [5.74, 6) is -1.21. The number of amides is 2. The lowest BCUT2D eigenvalue weighted by molar-refractivity contribution is -0.120. The lowest BCUT2D eigenvalue weighted by Gasteiger charge is -2.15. The van der Waals surface area contributed by atoms with E-state index in [0.29, 0.717) is 16.4 Å². The number of carbonyl (C=O) groups excluding carboxylic acids is 2. The average molecular weight is 349 g/mol. The third kappa shape index (κ3) is 2.88. The summed E-state index contributed by atoms with van der Waals surface area (Å²) in [6, 6.07) is 12.5. The van der Waals surface area contributed by atoms with Crippen molar-refractivity contribution in [1.29, 1.82) is 0 Å². The summed E-state index contributed by atoms with van der Waals surface area (Å²) in [5.41, 5.74) is 0.716. The van der Waals surface area contributed by atoms with Gasteiger partial charge in [-0.3, -0.25) is 9.59 Å². The summed E-state index contributed by atoms with van der Waals surface area (Å²) in [7, 11) is 0. The monoisotopic (exact) mass is 348 g/mol. The summed E-state index contributed by atoms with van der Waals surface area (Å²) < 4.78 is 0. The standard InChI is InChI=1S/C16H10Cl2N2O3/c17-9-3-1-5-11(7-9)20-15(22)13(18)14(16(20)23)19-10-4-2-6-12(21)8-10/h1-8,19,21H. The van der Waals surface area contributed by atoms with Gasteiger partial charge >= 0.3 is 0 Å². The molecule has 0 saturated heterocycles. The number of hydrogen-bond acceptors (Lipinski definition) is 4. The molecule has 1 heterocycles. The van der Waals surface area contributed by atoms with Crippen LogP contribution in [0, 0.1) is 0 Å². The van der Waals surface area contributed by atoms with E-state index in [2.05, 4.69) is 5.32 Å². The van der Waals surface area contributed by atoms with Crippen molar-refractivity contribution in [3.63, 3.8) is 0 Å². The van der Waals surface area contributed by atoms with E-state index in [9.17, 15) is 14.7 Å². The number of benzene rings is 2. The highest BCUT2D eigenvalue weighted by molar-refractivity contribution is 6.53. The fourth-order valence-electron chi connectivity index (χ4n) is 2.19. The maximum atomic E-state index is 12.5. The van der Waals surface area contributed by atoms with Gasteiger partial charge in [-0.2, -0.15) is 0 Å². The summed E-state index contributed by atoms with van der Waals surface area (Å²) in [6.07, 6.45) is 0. The first-order valence-electron chi connectivity index (χ1n) is 6.57. The molecule has 0 unspecified atom stereocenters. The number of nitrogens with zero attached hydrogens (tertiary/aromatic N) is 1. The number of aromatic hydroxyl groups is 1. The van der Waals surface area contributed by atoms with Crippen molar-refractivity contribution in [3.05, 3.63) is 64.3 Å². The van der Waals surface area contributed by atoms with Crippen LogP contribution < -0.4 is 10.2 Å². The summed E-state index contributed by atoms with van der Waals surface area (Å²) in [4.78, 5) is 25.7. The predicted octanol–water partition coefficient (Wildman–Crippen LogP) is 3.48. The van der Waals surface area contributed by atoms with Crippen molar-refractivity contribution >= 4 is 46.4 Å². The summed E-state index contributed by atoms with van der Waals surface area (Å²) in [6.45, 7) is 0. The van der Waals surface area contributed by atoms with Crippen molar-refractivity contribution in [1.82, 2.24) is 0 Å². The number of anilines is 2. The molecule has 1 aliphatic rings. The molecule has 0 radical (unpaired) electrons. The molecule has 0 fully saturated rings. The highest BCUT2D eigenvalue weighted by Crippen LogP contribution is 2.31. The van der Waals surface area contributed by atoms with Crippen LogP contribution in [0.4, 0.5) is 11.4 Å². The number of carbonyl (C=O) groups is 2. The molecular formula is C16H10Cl2N2O3. The topological polar surface area (TPSA) is 69.6 Å². The number of rotatable bonds is 3. The van der Waals surface area contributed by atoms with Crippen LogP contribution in [0.25, 0.3) is 0 Å². The van der Waals surface area contributed by atoms with Gasteiger partial charge in [-0.1, -0.05) is 35.3 Å². The summed E-state index contributed by atoms with van der Waals surface area (Å²) >= 11 is 11.9. The highest BCUT2D eigenvalue weighted by atomic mass is 35.5. The minimum absolute atomic E-state index is 0.0233. The van der Waals surface area contributed by atoms with Crippen molar-refractivity contribution in [2.75, 3.05) is 10.2 Å². The fraction of sp³-hybridized carbons (Fsp3) is 0. The zero-order valence-electron chi connectivity index (χ0n) is 11.6. The molecule has 2 aromatic carbocycles. The Bertz CT molecular complexity index is 849. The quantitative estimate of drug-likeness (QED) is 0.833. The molecule has 0 spiro atoms. The molecule has 5 nitrogen and oxygen atoms in total. The number of phenols is 1. The second-order valence-electron chi connectivity index (χ2n) is 4.79. The number of imide groups is 1. The molecule has 1 aliphatic heterocycles. The SMILES string of the molecule is O=C1C(Cl)=C(Nc2cccc(O)c2)C(=O)N1c1cccc(Cl)c1. The van der Waals surface area contributed by atoms with E-state index in [0.717, 1.165) is 4.90 Å². The molecule has 2 aromatic rings. The molecule has 23 heavy (non-hydrogen) atoms. The Kier molecular flexibility index (Phi) is 3.98. The molecule has 2 amide bonds. The predicted molar refractivity (Wildman–Crippen MR) is 88.6 cm³/mol. The van der Waals surface area contributed by atoms with Crippen LogP contribution in [0.3, 0.4) is 0 Å². The van der Waals surface area contributed by atoms with Gasteiger partial charge in [-0.05, 0) is 30.3 Å². The van der Waals surface area contributed by atoms with Crippen LogP contribution in [0.5, 0.6) is 5.75 Å². The Balaban J connectivity index is 1.93. The first-order chi connectivity index (χ1) is 11.0. The van der Waals surface area contributed by atoms with E-state index in [-0.39, 0.29) is 16.5 Å². The average Bonchev–Trinajstić information content (AvgIpc) is 2.71. The Morgan fingerprint density at radius 2 is 1.70 bits per heavy atom. The minimum Gasteiger partial charge on any atom is -0.508 e. The van der Waals surface area contributed by atoms with Gasteiger partial charge in [0.1, 0.15) is 16.5 Å². The van der Waals surface area contributed by atoms with Crippen LogP contribution in [-0.4, -0.2) is 16.9 Å². The maximum Gasteiger partial charge on any atom is 0.283 e. The van der Waals surface area contributed by atoms with Crippen LogP contribution in [-0.2, 0) is 9.59 Å². The van der Waals surface area contributed by atoms with E-state index >= 15 is 0 Å². The van der Waals surface area contributed by atoms with Crippen molar-refractivity contribution < 1.29 is 14.7 Å². The molecule has 0 saturated carbocycles. The Morgan fingerprint density at radius 3 is 2.39 bits per heavy atom. The van der Waals surface area contributed by atoms with Crippen LogP contribution in [0.1, 0.15) is 0 Å². The Morgan fingerprint density at radius 1 is 0.957 bits per heavy atom. The number of phenolic OH excluding ortho intramolecular Hbond substituents is 1. The third-order valence-corrected chi connectivity index (χ3v) is 3.79. The molecule has 0 aromatic heterocycles. The van der Waals surface area contributed by atoms with Gasteiger partial charge in [-0.25, -0.2) is 4.90 Å². The largest absolute Gasteiger partial charge is 0.508 e. The second-order valence-corrected chi connectivity index (χ2v) is 5.60. The van der Waals surface area contributed by atoms with E-state index in [1.165, 1.54) is 18.2 Å². The van der Waals surface area contributed by atoms with Gasteiger partial charge in [0.25, 0.3) is 11.8 Å². The van der Waals surface area contributed by atoms with Crippen LogP contribution in [0.15, 0.2) is 59.3 Å². The zero-order valence-corrected chi connectivity index (χ0v) is 13.1. The van der Waals surface area contributed by atoms with Gasteiger partial charge in [0.05, 0.1) is 5.69 Å². The lowest BCUT2D eigenvalue weighted by atomic mass is 10.2. The van der Waals surface area contributed by atoms with Gasteiger partial charge < -0.3 is 10.4 Å². The minimum atomic E-state index is -0.637. The first kappa shape index (κ1) is 15.4.